The zero-order valence-corrected chi connectivity index (χ0v) is 15.7. The van der Waals surface area contributed by atoms with Crippen LogP contribution in [0, 0.1) is 0 Å². The maximum absolute atomic E-state index is 11.9. The lowest BCUT2D eigenvalue weighted by Crippen LogP contribution is -2.25. The number of nitrogens with zero attached hydrogens (tertiary/aromatic N) is 1. The van der Waals surface area contributed by atoms with Gasteiger partial charge < -0.3 is 5.32 Å². The van der Waals surface area contributed by atoms with Crippen LogP contribution in [0.1, 0.15) is 23.4 Å². The Hall–Kier alpha value is -1.72. The molecule has 0 aliphatic rings. The van der Waals surface area contributed by atoms with E-state index >= 15 is 0 Å². The van der Waals surface area contributed by atoms with Gasteiger partial charge in [-0.3, -0.25) is 4.79 Å². The lowest BCUT2D eigenvalue weighted by Gasteiger charge is -2.06. The fourth-order valence-corrected chi connectivity index (χ4v) is 4.05. The highest BCUT2D eigenvalue weighted by atomic mass is 79.9. The molecule has 0 aliphatic carbocycles. The van der Waals surface area contributed by atoms with Crippen LogP contribution in [0.15, 0.2) is 53.0 Å². The first-order valence-corrected chi connectivity index (χ1v) is 9.68. The number of hydrogen-bond acceptors (Lipinski definition) is 3. The second-order valence-corrected chi connectivity index (χ2v) is 7.59. The van der Waals surface area contributed by atoms with E-state index in [0.29, 0.717) is 13.0 Å². The van der Waals surface area contributed by atoms with Gasteiger partial charge in [0.25, 0.3) is 0 Å². The van der Waals surface area contributed by atoms with Crippen molar-refractivity contribution < 1.29 is 4.79 Å². The number of carbonyl (C=O) groups is 1. The van der Waals surface area contributed by atoms with Crippen LogP contribution in [0.3, 0.4) is 0 Å². The Bertz CT molecular complexity index is 798. The summed E-state index contributed by atoms with van der Waals surface area (Å²) in [7, 11) is 0. The smallest absolute Gasteiger partial charge is 0.220 e. The zero-order chi connectivity index (χ0) is 16.8. The largest absolute Gasteiger partial charge is 0.356 e. The topological polar surface area (TPSA) is 42.0 Å². The van der Waals surface area contributed by atoms with E-state index in [1.165, 1.54) is 10.3 Å². The Labute approximate surface area is 154 Å². The molecule has 3 aromatic rings. The van der Waals surface area contributed by atoms with Gasteiger partial charge in [-0.25, -0.2) is 4.98 Å². The van der Waals surface area contributed by atoms with E-state index in [9.17, 15) is 4.79 Å². The van der Waals surface area contributed by atoms with E-state index in [0.717, 1.165) is 34.3 Å². The second-order valence-electron chi connectivity index (χ2n) is 5.62. The van der Waals surface area contributed by atoms with E-state index < -0.39 is 0 Å². The first-order valence-electron chi connectivity index (χ1n) is 8.07. The number of nitrogens with one attached hydrogen (secondary N) is 1. The van der Waals surface area contributed by atoms with Crippen LogP contribution < -0.4 is 5.32 Å². The van der Waals surface area contributed by atoms with Gasteiger partial charge in [-0.15, -0.1) is 11.3 Å². The number of halogens is 1. The molecule has 1 amide bonds. The highest BCUT2D eigenvalue weighted by molar-refractivity contribution is 9.10. The fraction of sp³-hybridized carbons (Fsp3) is 0.263. The molecule has 5 heteroatoms. The summed E-state index contributed by atoms with van der Waals surface area (Å²) in [6.07, 6.45) is 3.08. The third-order valence-corrected chi connectivity index (χ3v) is 5.68. The number of aryl methyl sites for hydroxylation is 1. The van der Waals surface area contributed by atoms with Crippen LogP contribution in [0.25, 0.3) is 10.2 Å². The number of rotatable bonds is 7. The summed E-state index contributed by atoms with van der Waals surface area (Å²) in [5.74, 6) is 0.114. The predicted octanol–water partition coefficient (Wildman–Crippen LogP) is 4.74. The summed E-state index contributed by atoms with van der Waals surface area (Å²) < 4.78 is 2.31. The van der Waals surface area contributed by atoms with Gasteiger partial charge in [0.15, 0.2) is 0 Å². The first kappa shape index (κ1) is 17.1. The molecule has 0 radical (unpaired) electrons. The summed E-state index contributed by atoms with van der Waals surface area (Å²) in [4.78, 5) is 16.5. The molecule has 1 N–H and O–H groups in total. The molecule has 124 valence electrons. The Morgan fingerprint density at radius 2 is 1.88 bits per heavy atom. The number of thiazole rings is 1. The van der Waals surface area contributed by atoms with Crippen molar-refractivity contribution in [3.63, 3.8) is 0 Å². The van der Waals surface area contributed by atoms with Gasteiger partial charge in [-0.2, -0.15) is 0 Å². The SMILES string of the molecule is O=C(CCCc1nc2ccccc2s1)NCCc1ccccc1Br. The summed E-state index contributed by atoms with van der Waals surface area (Å²) in [5, 5.41) is 4.10. The maximum atomic E-state index is 11.9. The third kappa shape index (κ3) is 4.65. The van der Waals surface area contributed by atoms with Crippen LogP contribution >= 0.6 is 27.3 Å². The molecule has 0 unspecified atom stereocenters. The number of amides is 1. The molecule has 0 saturated carbocycles. The minimum Gasteiger partial charge on any atom is -0.356 e. The average molecular weight is 403 g/mol. The van der Waals surface area contributed by atoms with E-state index in [1.807, 2.05) is 36.4 Å². The van der Waals surface area contributed by atoms with Crippen molar-refractivity contribution in [2.45, 2.75) is 25.7 Å². The molecule has 2 aromatic carbocycles. The van der Waals surface area contributed by atoms with Crippen molar-refractivity contribution in [2.24, 2.45) is 0 Å². The molecule has 3 nitrogen and oxygen atoms in total. The Morgan fingerprint density at radius 1 is 1.08 bits per heavy atom. The number of benzene rings is 2. The van der Waals surface area contributed by atoms with Crippen molar-refractivity contribution in [2.75, 3.05) is 6.54 Å². The number of hydrogen-bond donors (Lipinski definition) is 1. The molecule has 0 bridgehead atoms. The van der Waals surface area contributed by atoms with Crippen LogP contribution in [0.2, 0.25) is 0 Å². The molecule has 3 rings (SSSR count). The van der Waals surface area contributed by atoms with E-state index in [2.05, 4.69) is 38.4 Å². The summed E-state index contributed by atoms with van der Waals surface area (Å²) in [5.41, 5.74) is 2.27. The highest BCUT2D eigenvalue weighted by Crippen LogP contribution is 2.22. The molecule has 1 aromatic heterocycles. The van der Waals surface area contributed by atoms with Gasteiger partial charge in [-0.05, 0) is 43.0 Å². The standard InChI is InChI=1S/C19H19BrN2OS/c20-15-7-2-1-6-14(15)12-13-21-18(23)10-5-11-19-22-16-8-3-4-9-17(16)24-19/h1-4,6-9H,5,10-13H2,(H,21,23). The summed E-state index contributed by atoms with van der Waals surface area (Å²) in [6.45, 7) is 0.669. The van der Waals surface area contributed by atoms with Gasteiger partial charge >= 0.3 is 0 Å². The van der Waals surface area contributed by atoms with E-state index in [-0.39, 0.29) is 5.91 Å². The highest BCUT2D eigenvalue weighted by Gasteiger charge is 2.06. The first-order chi connectivity index (χ1) is 11.7. The molecule has 24 heavy (non-hydrogen) atoms. The molecular formula is C19H19BrN2OS. The number of fused-ring (bicyclic) bond motifs is 1. The van der Waals surface area contributed by atoms with Crippen molar-refractivity contribution in [3.05, 3.63) is 63.6 Å². The third-order valence-electron chi connectivity index (χ3n) is 3.81. The van der Waals surface area contributed by atoms with E-state index in [1.54, 1.807) is 11.3 Å². The summed E-state index contributed by atoms with van der Waals surface area (Å²) in [6, 6.07) is 16.3. The summed E-state index contributed by atoms with van der Waals surface area (Å²) >= 11 is 5.24. The van der Waals surface area contributed by atoms with Crippen molar-refractivity contribution in [1.29, 1.82) is 0 Å². The van der Waals surface area contributed by atoms with Crippen molar-refractivity contribution in [1.82, 2.24) is 10.3 Å². The van der Waals surface area contributed by atoms with Gasteiger partial charge in [0.1, 0.15) is 0 Å². The lowest BCUT2D eigenvalue weighted by atomic mass is 10.1. The van der Waals surface area contributed by atoms with Crippen molar-refractivity contribution >= 4 is 43.4 Å². The quantitative estimate of drug-likeness (QED) is 0.619. The normalized spacial score (nSPS) is 10.9. The fourth-order valence-electron chi connectivity index (χ4n) is 2.55. The van der Waals surface area contributed by atoms with Crippen LogP contribution in [0.4, 0.5) is 0 Å². The minimum absolute atomic E-state index is 0.114. The Kier molecular flexibility index (Phi) is 5.99. The predicted molar refractivity (Wildman–Crippen MR) is 103 cm³/mol. The van der Waals surface area contributed by atoms with Crippen molar-refractivity contribution in [3.8, 4) is 0 Å². The zero-order valence-electron chi connectivity index (χ0n) is 13.3. The maximum Gasteiger partial charge on any atom is 0.220 e. The van der Waals surface area contributed by atoms with Gasteiger partial charge in [-0.1, -0.05) is 46.3 Å². The number of aromatic nitrogens is 1. The minimum atomic E-state index is 0.114. The molecular weight excluding hydrogens is 384 g/mol. The van der Waals surface area contributed by atoms with E-state index in [4.69, 9.17) is 0 Å². The van der Waals surface area contributed by atoms with Gasteiger partial charge in [0.05, 0.1) is 15.2 Å². The Morgan fingerprint density at radius 3 is 2.71 bits per heavy atom. The molecule has 0 atom stereocenters. The van der Waals surface area contributed by atoms with Gasteiger partial charge in [0.2, 0.25) is 5.91 Å². The molecule has 0 aliphatic heterocycles. The lowest BCUT2D eigenvalue weighted by molar-refractivity contribution is -0.121. The molecule has 0 saturated heterocycles. The monoisotopic (exact) mass is 402 g/mol. The number of carbonyl (C=O) groups excluding carboxylic acids is 1. The van der Waals surface area contributed by atoms with Crippen LogP contribution in [0.5, 0.6) is 0 Å². The second kappa shape index (κ2) is 8.40. The Balaban J connectivity index is 1.39. The van der Waals surface area contributed by atoms with Crippen LogP contribution in [-0.4, -0.2) is 17.4 Å². The van der Waals surface area contributed by atoms with Gasteiger partial charge in [0, 0.05) is 17.4 Å². The number of para-hydroxylation sites is 1. The van der Waals surface area contributed by atoms with Crippen LogP contribution in [-0.2, 0) is 17.6 Å². The molecule has 0 spiro atoms. The molecule has 1 heterocycles. The molecule has 0 fully saturated rings. The average Bonchev–Trinajstić information content (AvgIpc) is 2.99.